The van der Waals surface area contributed by atoms with E-state index >= 15 is 0 Å². The lowest BCUT2D eigenvalue weighted by molar-refractivity contribution is 0.0685. The number of carboxylic acids is 4. The molecule has 8 heteroatoms. The molecule has 0 saturated carbocycles. The summed E-state index contributed by atoms with van der Waals surface area (Å²) in [6, 6.07) is 24.8. The normalized spacial score (nSPS) is 10.9. The molecule has 0 aliphatic carbocycles. The fourth-order valence-corrected chi connectivity index (χ4v) is 4.62. The second-order valence-electron chi connectivity index (χ2n) is 8.68. The van der Waals surface area contributed by atoms with Crippen molar-refractivity contribution in [1.29, 1.82) is 0 Å². The summed E-state index contributed by atoms with van der Waals surface area (Å²) in [5.74, 6) is -6.02. The summed E-state index contributed by atoms with van der Waals surface area (Å²) >= 11 is 0. The third-order valence-electron chi connectivity index (χ3n) is 6.30. The monoisotopic (exact) mass is 510 g/mol. The molecule has 38 heavy (non-hydrogen) atoms. The summed E-state index contributed by atoms with van der Waals surface area (Å²) in [6.45, 7) is 0. The highest BCUT2D eigenvalue weighted by Crippen LogP contribution is 2.44. The summed E-state index contributed by atoms with van der Waals surface area (Å²) < 4.78 is 0. The molecule has 0 aliphatic heterocycles. The highest BCUT2D eigenvalue weighted by molar-refractivity contribution is 5.90. The Balaban J connectivity index is 2.06. The Morgan fingerprint density at radius 1 is 0.395 bits per heavy atom. The largest absolute Gasteiger partial charge is 0.478 e. The van der Waals surface area contributed by atoms with Gasteiger partial charge in [-0.1, -0.05) is 48.5 Å². The Hall–Kier alpha value is -5.24. The van der Waals surface area contributed by atoms with Crippen LogP contribution in [0.2, 0.25) is 0 Å². The molecule has 0 radical (unpaired) electrons. The van der Waals surface area contributed by atoms with E-state index in [1.807, 2.05) is 0 Å². The van der Waals surface area contributed by atoms with Crippen molar-refractivity contribution in [2.45, 2.75) is 11.8 Å². The molecule has 190 valence electrons. The summed E-state index contributed by atoms with van der Waals surface area (Å²) in [6.07, 6.45) is 0. The van der Waals surface area contributed by atoms with Gasteiger partial charge in [-0.15, -0.1) is 0 Å². The zero-order chi connectivity index (χ0) is 27.4. The van der Waals surface area contributed by atoms with E-state index in [9.17, 15) is 39.6 Å². The van der Waals surface area contributed by atoms with Gasteiger partial charge >= 0.3 is 23.9 Å². The quantitative estimate of drug-likeness (QED) is 0.232. The lowest BCUT2D eigenvalue weighted by Crippen LogP contribution is -2.17. The molecule has 0 amide bonds. The molecule has 0 spiro atoms. The minimum Gasteiger partial charge on any atom is -0.478 e. The number of hydrogen-bond donors (Lipinski definition) is 4. The maximum absolute atomic E-state index is 11.8. The van der Waals surface area contributed by atoms with Crippen LogP contribution in [0.5, 0.6) is 0 Å². The van der Waals surface area contributed by atoms with E-state index in [-0.39, 0.29) is 22.3 Å². The maximum Gasteiger partial charge on any atom is 0.335 e. The van der Waals surface area contributed by atoms with Crippen LogP contribution in [0.3, 0.4) is 0 Å². The number of carboxylic acid groups (broad SMARTS) is 4. The molecule has 0 atom stereocenters. The van der Waals surface area contributed by atoms with Gasteiger partial charge in [0.2, 0.25) is 0 Å². The van der Waals surface area contributed by atoms with Crippen LogP contribution in [-0.4, -0.2) is 44.3 Å². The number of carbonyl (C=O) groups is 4. The van der Waals surface area contributed by atoms with E-state index in [4.69, 9.17) is 0 Å². The second kappa shape index (κ2) is 10.8. The van der Waals surface area contributed by atoms with Crippen LogP contribution >= 0.6 is 0 Å². The number of hydrogen-bond acceptors (Lipinski definition) is 4. The minimum atomic E-state index is -1.15. The highest BCUT2D eigenvalue weighted by atomic mass is 16.4. The Morgan fingerprint density at radius 3 is 0.789 bits per heavy atom. The molecule has 0 heterocycles. The predicted molar refractivity (Wildman–Crippen MR) is 137 cm³/mol. The SMILES string of the molecule is O=C(O)c1cccc(C(c2cccc(C(=O)O)c2)C(c2cccc(C(=O)O)c2)c2cccc(C(=O)O)c2)c1. The predicted octanol–water partition coefficient (Wildman–Crippen LogP) is 5.44. The first kappa shape index (κ1) is 25.8. The standard InChI is InChI=1S/C30H22O8/c31-27(32)21-9-1-5-17(13-21)25(18-6-2-10-22(14-18)28(33)34)26(19-7-3-11-23(15-19)29(35)36)20-8-4-12-24(16-20)30(37)38/h1-16,25-26H,(H,31,32)(H,33,34)(H,35,36)(H,37,38). The first-order valence-electron chi connectivity index (χ1n) is 11.5. The third-order valence-corrected chi connectivity index (χ3v) is 6.30. The molecule has 0 aromatic heterocycles. The molecule has 0 saturated heterocycles. The zero-order valence-electron chi connectivity index (χ0n) is 19.8. The molecular formula is C30H22O8. The smallest absolute Gasteiger partial charge is 0.335 e. The van der Waals surface area contributed by atoms with Crippen molar-refractivity contribution >= 4 is 23.9 Å². The molecule has 0 fully saturated rings. The van der Waals surface area contributed by atoms with Gasteiger partial charge in [0.25, 0.3) is 0 Å². The molecule has 8 nitrogen and oxygen atoms in total. The van der Waals surface area contributed by atoms with Crippen molar-refractivity contribution in [1.82, 2.24) is 0 Å². The average Bonchev–Trinajstić information content (AvgIpc) is 2.91. The van der Waals surface area contributed by atoms with E-state index in [0.29, 0.717) is 22.3 Å². The first-order chi connectivity index (χ1) is 18.2. The van der Waals surface area contributed by atoms with E-state index < -0.39 is 35.7 Å². The first-order valence-corrected chi connectivity index (χ1v) is 11.5. The lowest BCUT2D eigenvalue weighted by Gasteiger charge is -2.30. The number of aromatic carboxylic acids is 4. The third kappa shape index (κ3) is 5.44. The minimum absolute atomic E-state index is 0.0132. The summed E-state index contributed by atoms with van der Waals surface area (Å²) in [5, 5.41) is 38.6. The molecule has 0 bridgehead atoms. The molecule has 4 rings (SSSR count). The van der Waals surface area contributed by atoms with Gasteiger partial charge in [0.1, 0.15) is 0 Å². The van der Waals surface area contributed by atoms with Gasteiger partial charge < -0.3 is 20.4 Å². The Labute approximate surface area is 217 Å². The maximum atomic E-state index is 11.8. The Morgan fingerprint density at radius 2 is 0.605 bits per heavy atom. The van der Waals surface area contributed by atoms with Gasteiger partial charge in [0, 0.05) is 11.8 Å². The van der Waals surface area contributed by atoms with Crippen molar-refractivity contribution in [2.75, 3.05) is 0 Å². The molecule has 0 aliphatic rings. The second-order valence-corrected chi connectivity index (χ2v) is 8.68. The highest BCUT2D eigenvalue weighted by Gasteiger charge is 2.30. The Bertz CT molecular complexity index is 1320. The van der Waals surface area contributed by atoms with Gasteiger partial charge in [-0.05, 0) is 70.8 Å². The summed E-state index contributed by atoms with van der Waals surface area (Å²) in [4.78, 5) is 47.2. The summed E-state index contributed by atoms with van der Waals surface area (Å²) in [5.41, 5.74) is 2.16. The van der Waals surface area contributed by atoms with E-state index in [2.05, 4.69) is 0 Å². The fourth-order valence-electron chi connectivity index (χ4n) is 4.62. The van der Waals surface area contributed by atoms with Gasteiger partial charge in [0.15, 0.2) is 0 Å². The van der Waals surface area contributed by atoms with Crippen LogP contribution in [0.25, 0.3) is 0 Å². The van der Waals surface area contributed by atoms with Gasteiger partial charge in [-0.25, -0.2) is 19.2 Å². The van der Waals surface area contributed by atoms with Crippen molar-refractivity contribution in [3.63, 3.8) is 0 Å². The van der Waals surface area contributed by atoms with Crippen LogP contribution < -0.4 is 0 Å². The zero-order valence-corrected chi connectivity index (χ0v) is 19.8. The lowest BCUT2D eigenvalue weighted by atomic mass is 9.73. The molecule has 4 aromatic rings. The van der Waals surface area contributed by atoms with Crippen LogP contribution in [0, 0.1) is 0 Å². The Kier molecular flexibility index (Phi) is 7.34. The summed E-state index contributed by atoms with van der Waals surface area (Å²) in [7, 11) is 0. The van der Waals surface area contributed by atoms with Crippen LogP contribution in [0.1, 0.15) is 75.5 Å². The van der Waals surface area contributed by atoms with Crippen molar-refractivity contribution in [3.8, 4) is 0 Å². The van der Waals surface area contributed by atoms with Crippen molar-refractivity contribution in [3.05, 3.63) is 142 Å². The van der Waals surface area contributed by atoms with Crippen LogP contribution in [0.15, 0.2) is 97.1 Å². The van der Waals surface area contributed by atoms with Crippen LogP contribution in [0.4, 0.5) is 0 Å². The van der Waals surface area contributed by atoms with Gasteiger partial charge in [-0.2, -0.15) is 0 Å². The van der Waals surface area contributed by atoms with Crippen molar-refractivity contribution < 1.29 is 39.6 Å². The molecular weight excluding hydrogens is 488 g/mol. The van der Waals surface area contributed by atoms with Crippen molar-refractivity contribution in [2.24, 2.45) is 0 Å². The van der Waals surface area contributed by atoms with E-state index in [1.54, 1.807) is 48.5 Å². The van der Waals surface area contributed by atoms with Crippen LogP contribution in [-0.2, 0) is 0 Å². The fraction of sp³-hybridized carbons (Fsp3) is 0.0667. The molecule has 4 N–H and O–H groups in total. The van der Waals surface area contributed by atoms with E-state index in [1.165, 1.54) is 48.5 Å². The number of rotatable bonds is 9. The topological polar surface area (TPSA) is 149 Å². The van der Waals surface area contributed by atoms with E-state index in [0.717, 1.165) is 0 Å². The van der Waals surface area contributed by atoms with Gasteiger partial charge in [0.05, 0.1) is 22.3 Å². The molecule has 4 aromatic carbocycles. The average molecular weight is 510 g/mol. The molecule has 0 unspecified atom stereocenters. The van der Waals surface area contributed by atoms with Gasteiger partial charge in [-0.3, -0.25) is 0 Å². The number of benzene rings is 4.